The van der Waals surface area contributed by atoms with Gasteiger partial charge in [-0.25, -0.2) is 4.68 Å². The predicted octanol–water partition coefficient (Wildman–Crippen LogP) is 2.36. The minimum absolute atomic E-state index is 0.175. The normalized spacial score (nSPS) is 21.9. The number of hydrogen-bond acceptors (Lipinski definition) is 4. The Hall–Kier alpha value is -1.79. The highest BCUT2D eigenvalue weighted by molar-refractivity contribution is 7.80. The molecule has 1 aliphatic rings. The van der Waals surface area contributed by atoms with Gasteiger partial charge >= 0.3 is 0 Å². The van der Waals surface area contributed by atoms with Gasteiger partial charge in [0, 0.05) is 13.1 Å². The van der Waals surface area contributed by atoms with Gasteiger partial charge in [-0.15, -0.1) is 5.10 Å². The molecule has 1 aromatic carbocycles. The number of aromatic nitrogens is 3. The number of morpholine rings is 1. The van der Waals surface area contributed by atoms with Crippen LogP contribution in [0.5, 0.6) is 0 Å². The van der Waals surface area contributed by atoms with Gasteiger partial charge in [-0.05, 0) is 32.9 Å². The van der Waals surface area contributed by atoms with E-state index in [4.69, 9.17) is 17.0 Å². The Morgan fingerprint density at radius 3 is 2.45 bits per heavy atom. The highest BCUT2D eigenvalue weighted by atomic mass is 32.1. The van der Waals surface area contributed by atoms with E-state index in [9.17, 15) is 0 Å². The monoisotopic (exact) mass is 316 g/mol. The number of hydrogen-bond donors (Lipinski definition) is 0. The molecule has 1 saturated heterocycles. The molecule has 3 rings (SSSR count). The maximum Gasteiger partial charge on any atom is 0.140 e. The van der Waals surface area contributed by atoms with E-state index < -0.39 is 0 Å². The molecule has 22 heavy (non-hydrogen) atoms. The van der Waals surface area contributed by atoms with Gasteiger partial charge in [0.25, 0.3) is 0 Å². The van der Waals surface area contributed by atoms with Gasteiger partial charge in [-0.3, -0.25) is 0 Å². The Morgan fingerprint density at radius 2 is 1.82 bits per heavy atom. The van der Waals surface area contributed by atoms with Crippen molar-refractivity contribution in [2.45, 2.75) is 33.0 Å². The first-order valence-corrected chi connectivity index (χ1v) is 7.88. The quantitative estimate of drug-likeness (QED) is 0.796. The van der Waals surface area contributed by atoms with Crippen molar-refractivity contribution in [1.29, 1.82) is 0 Å². The van der Waals surface area contributed by atoms with E-state index in [1.165, 1.54) is 5.56 Å². The SMILES string of the molecule is Cc1ccc(-n2cc(C(=S)N3C[C@@H](C)O[C@H](C)C3)nn2)cc1. The standard InChI is InChI=1S/C16H20N4OS/c1-11-4-6-14(7-5-11)20-10-15(17-18-20)16(22)19-8-12(2)21-13(3)9-19/h4-7,10,12-13H,8-9H2,1-3H3/t12-,13-/m1/s1. The first-order valence-electron chi connectivity index (χ1n) is 7.47. The molecule has 0 spiro atoms. The Balaban J connectivity index is 1.78. The molecule has 0 amide bonds. The molecule has 2 aromatic rings. The topological polar surface area (TPSA) is 43.2 Å². The summed E-state index contributed by atoms with van der Waals surface area (Å²) in [4.78, 5) is 2.89. The van der Waals surface area contributed by atoms with Crippen molar-refractivity contribution in [1.82, 2.24) is 19.9 Å². The van der Waals surface area contributed by atoms with Crippen LogP contribution < -0.4 is 0 Å². The second-order valence-corrected chi connectivity index (χ2v) is 6.24. The van der Waals surface area contributed by atoms with Gasteiger partial charge in [0.05, 0.1) is 24.1 Å². The largest absolute Gasteiger partial charge is 0.372 e. The number of nitrogens with zero attached hydrogens (tertiary/aromatic N) is 4. The molecule has 1 aliphatic heterocycles. The molecule has 0 N–H and O–H groups in total. The number of rotatable bonds is 2. The molecule has 0 unspecified atom stereocenters. The van der Waals surface area contributed by atoms with Crippen molar-refractivity contribution in [2.75, 3.05) is 13.1 Å². The summed E-state index contributed by atoms with van der Waals surface area (Å²) in [6, 6.07) is 8.16. The molecule has 2 heterocycles. The molecule has 0 aliphatic carbocycles. The number of ether oxygens (including phenoxy) is 1. The lowest BCUT2D eigenvalue weighted by Gasteiger charge is -2.36. The summed E-state index contributed by atoms with van der Waals surface area (Å²) >= 11 is 5.58. The molecule has 1 fully saturated rings. The van der Waals surface area contributed by atoms with Gasteiger partial charge in [0.2, 0.25) is 0 Å². The maximum absolute atomic E-state index is 5.75. The number of aryl methyl sites for hydroxylation is 1. The highest BCUT2D eigenvalue weighted by Gasteiger charge is 2.25. The van der Waals surface area contributed by atoms with E-state index in [1.807, 2.05) is 18.3 Å². The van der Waals surface area contributed by atoms with Crippen LogP contribution >= 0.6 is 12.2 Å². The Labute approximate surface area is 135 Å². The smallest absolute Gasteiger partial charge is 0.140 e. The summed E-state index contributed by atoms with van der Waals surface area (Å²) in [6.07, 6.45) is 2.24. The fraction of sp³-hybridized carbons (Fsp3) is 0.438. The van der Waals surface area contributed by atoms with Crippen LogP contribution in [0.4, 0.5) is 0 Å². The van der Waals surface area contributed by atoms with E-state index in [0.717, 1.165) is 29.5 Å². The first kappa shape index (κ1) is 15.1. The fourth-order valence-corrected chi connectivity index (χ4v) is 2.93. The second kappa shape index (κ2) is 6.14. The lowest BCUT2D eigenvalue weighted by atomic mass is 10.2. The molecule has 0 saturated carbocycles. The molecule has 2 atom stereocenters. The summed E-state index contributed by atoms with van der Waals surface area (Å²) in [5.41, 5.74) is 2.93. The average molecular weight is 316 g/mol. The predicted molar refractivity (Wildman–Crippen MR) is 89.4 cm³/mol. The molecule has 0 radical (unpaired) electrons. The zero-order valence-corrected chi connectivity index (χ0v) is 13.9. The minimum Gasteiger partial charge on any atom is -0.372 e. The van der Waals surface area contributed by atoms with E-state index in [0.29, 0.717) is 0 Å². The van der Waals surface area contributed by atoms with Gasteiger partial charge in [-0.1, -0.05) is 35.1 Å². The van der Waals surface area contributed by atoms with Crippen molar-refractivity contribution >= 4 is 17.2 Å². The maximum atomic E-state index is 5.75. The minimum atomic E-state index is 0.175. The zero-order valence-electron chi connectivity index (χ0n) is 13.1. The van der Waals surface area contributed by atoms with Crippen LogP contribution in [-0.4, -0.2) is 50.2 Å². The summed E-state index contributed by atoms with van der Waals surface area (Å²) in [5.74, 6) is 0. The molecular weight excluding hydrogens is 296 g/mol. The van der Waals surface area contributed by atoms with E-state index in [2.05, 4.69) is 48.1 Å². The second-order valence-electron chi connectivity index (χ2n) is 5.85. The fourth-order valence-electron chi connectivity index (χ4n) is 2.69. The summed E-state index contributed by atoms with van der Waals surface area (Å²) in [7, 11) is 0. The van der Waals surface area contributed by atoms with Crippen molar-refractivity contribution in [3.05, 3.63) is 41.7 Å². The summed E-state index contributed by atoms with van der Waals surface area (Å²) in [5, 5.41) is 8.42. The lowest BCUT2D eigenvalue weighted by Crippen LogP contribution is -2.47. The van der Waals surface area contributed by atoms with Crippen LogP contribution in [0.25, 0.3) is 5.69 Å². The van der Waals surface area contributed by atoms with E-state index in [1.54, 1.807) is 4.68 Å². The van der Waals surface area contributed by atoms with Crippen molar-refractivity contribution in [2.24, 2.45) is 0 Å². The van der Waals surface area contributed by atoms with Crippen LogP contribution in [0.2, 0.25) is 0 Å². The van der Waals surface area contributed by atoms with E-state index in [-0.39, 0.29) is 12.2 Å². The Morgan fingerprint density at radius 1 is 1.18 bits per heavy atom. The first-order chi connectivity index (χ1) is 10.5. The Bertz CT molecular complexity index is 657. The highest BCUT2D eigenvalue weighted by Crippen LogP contribution is 2.15. The zero-order chi connectivity index (χ0) is 15.7. The average Bonchev–Trinajstić information content (AvgIpc) is 2.96. The lowest BCUT2D eigenvalue weighted by molar-refractivity contribution is -0.0472. The molecular formula is C16H20N4OS. The third-order valence-corrected chi connectivity index (χ3v) is 4.19. The van der Waals surface area contributed by atoms with Crippen LogP contribution in [0, 0.1) is 6.92 Å². The van der Waals surface area contributed by atoms with Crippen molar-refractivity contribution in [3.63, 3.8) is 0 Å². The molecule has 1 aromatic heterocycles. The Kier molecular flexibility index (Phi) is 4.22. The summed E-state index contributed by atoms with van der Waals surface area (Å²) in [6.45, 7) is 7.77. The molecule has 116 valence electrons. The van der Waals surface area contributed by atoms with Gasteiger partial charge in [-0.2, -0.15) is 0 Å². The van der Waals surface area contributed by atoms with Crippen molar-refractivity contribution < 1.29 is 4.74 Å². The van der Waals surface area contributed by atoms with E-state index >= 15 is 0 Å². The number of benzene rings is 1. The number of thiocarbonyl (C=S) groups is 1. The van der Waals surface area contributed by atoms with Gasteiger partial charge in [0.15, 0.2) is 0 Å². The molecule has 0 bridgehead atoms. The third kappa shape index (κ3) is 3.18. The summed E-state index contributed by atoms with van der Waals surface area (Å²) < 4.78 is 7.50. The third-order valence-electron chi connectivity index (χ3n) is 3.72. The van der Waals surface area contributed by atoms with Crippen LogP contribution in [0.3, 0.4) is 0 Å². The molecule has 5 nitrogen and oxygen atoms in total. The van der Waals surface area contributed by atoms with Crippen LogP contribution in [0.1, 0.15) is 25.1 Å². The molecule has 6 heteroatoms. The van der Waals surface area contributed by atoms with Crippen molar-refractivity contribution in [3.8, 4) is 5.69 Å². The van der Waals surface area contributed by atoms with Gasteiger partial charge < -0.3 is 9.64 Å². The van der Waals surface area contributed by atoms with Crippen LogP contribution in [-0.2, 0) is 4.74 Å². The van der Waals surface area contributed by atoms with Crippen LogP contribution in [0.15, 0.2) is 30.5 Å². The van der Waals surface area contributed by atoms with Gasteiger partial charge in [0.1, 0.15) is 10.7 Å².